The molecule has 0 amide bonds. The van der Waals surface area contributed by atoms with E-state index in [4.69, 9.17) is 0 Å². The number of hydrogen-bond donors (Lipinski definition) is 0. The SMILES string of the molecule is [CH2][C@H]1CCC[C@H](C(F)(F)F)C1. The molecule has 1 rings (SSSR count). The van der Waals surface area contributed by atoms with Gasteiger partial charge in [-0.15, -0.1) is 0 Å². The first kappa shape index (κ1) is 8.88. The highest BCUT2D eigenvalue weighted by Gasteiger charge is 2.41. The van der Waals surface area contributed by atoms with Crippen molar-refractivity contribution < 1.29 is 13.2 Å². The fraction of sp³-hybridized carbons (Fsp3) is 0.875. The van der Waals surface area contributed by atoms with E-state index >= 15 is 0 Å². The molecule has 1 aliphatic carbocycles. The Hall–Kier alpha value is -0.210. The van der Waals surface area contributed by atoms with Crippen LogP contribution in [0.15, 0.2) is 0 Å². The molecule has 0 nitrogen and oxygen atoms in total. The molecule has 0 bridgehead atoms. The smallest absolute Gasteiger partial charge is 0.171 e. The average Bonchev–Trinajstić information content (AvgIpc) is 1.86. The van der Waals surface area contributed by atoms with Gasteiger partial charge in [0.15, 0.2) is 0 Å². The molecule has 11 heavy (non-hydrogen) atoms. The van der Waals surface area contributed by atoms with Crippen molar-refractivity contribution >= 4 is 0 Å². The van der Waals surface area contributed by atoms with Crippen LogP contribution < -0.4 is 0 Å². The Morgan fingerprint density at radius 2 is 1.82 bits per heavy atom. The van der Waals surface area contributed by atoms with Gasteiger partial charge in [-0.05, 0) is 18.8 Å². The van der Waals surface area contributed by atoms with E-state index in [-0.39, 0.29) is 12.3 Å². The minimum Gasteiger partial charge on any atom is -0.171 e. The zero-order chi connectivity index (χ0) is 8.48. The molecule has 0 aromatic heterocycles. The first-order chi connectivity index (χ1) is 5.00. The van der Waals surface area contributed by atoms with Crippen LogP contribution in [0, 0.1) is 18.8 Å². The Morgan fingerprint density at radius 1 is 1.18 bits per heavy atom. The van der Waals surface area contributed by atoms with Crippen LogP contribution in [-0.2, 0) is 0 Å². The van der Waals surface area contributed by atoms with Crippen molar-refractivity contribution in [1.29, 1.82) is 0 Å². The quantitative estimate of drug-likeness (QED) is 0.517. The summed E-state index contributed by atoms with van der Waals surface area (Å²) < 4.78 is 36.3. The number of alkyl halides is 3. The molecule has 1 saturated carbocycles. The predicted molar refractivity (Wildman–Crippen MR) is 36.9 cm³/mol. The maximum absolute atomic E-state index is 12.1. The van der Waals surface area contributed by atoms with E-state index < -0.39 is 12.1 Å². The van der Waals surface area contributed by atoms with E-state index in [1.54, 1.807) is 0 Å². The number of rotatable bonds is 0. The number of halogens is 3. The van der Waals surface area contributed by atoms with Gasteiger partial charge in [0, 0.05) is 0 Å². The summed E-state index contributed by atoms with van der Waals surface area (Å²) in [6.07, 6.45) is -1.93. The molecule has 1 aliphatic rings. The molecular formula is C8H12F3. The summed E-state index contributed by atoms with van der Waals surface area (Å²) in [6.45, 7) is 3.66. The van der Waals surface area contributed by atoms with Crippen molar-refractivity contribution in [2.45, 2.75) is 31.9 Å². The van der Waals surface area contributed by atoms with Crippen LogP contribution in [-0.4, -0.2) is 6.18 Å². The normalized spacial score (nSPS) is 33.8. The van der Waals surface area contributed by atoms with Crippen LogP contribution in [0.4, 0.5) is 13.2 Å². The summed E-state index contributed by atoms with van der Waals surface area (Å²) in [5.74, 6) is -1.07. The van der Waals surface area contributed by atoms with Crippen molar-refractivity contribution in [2.24, 2.45) is 11.8 Å². The highest BCUT2D eigenvalue weighted by Crippen LogP contribution is 2.39. The van der Waals surface area contributed by atoms with E-state index in [0.29, 0.717) is 12.8 Å². The second kappa shape index (κ2) is 3.03. The molecule has 3 heteroatoms. The summed E-state index contributed by atoms with van der Waals surface area (Å²) in [5.41, 5.74) is 0. The van der Waals surface area contributed by atoms with E-state index in [0.717, 1.165) is 6.42 Å². The predicted octanol–water partition coefficient (Wildman–Crippen LogP) is 3.19. The molecule has 1 radical (unpaired) electrons. The van der Waals surface area contributed by atoms with Gasteiger partial charge in [0.2, 0.25) is 0 Å². The fourth-order valence-corrected chi connectivity index (χ4v) is 1.59. The third-order valence-electron chi connectivity index (χ3n) is 2.25. The third-order valence-corrected chi connectivity index (χ3v) is 2.25. The Kier molecular flexibility index (Phi) is 2.45. The minimum absolute atomic E-state index is 0.00961. The average molecular weight is 165 g/mol. The first-order valence-corrected chi connectivity index (χ1v) is 3.90. The molecule has 1 fully saturated rings. The zero-order valence-corrected chi connectivity index (χ0v) is 6.32. The van der Waals surface area contributed by atoms with Crippen LogP contribution in [0.2, 0.25) is 0 Å². The van der Waals surface area contributed by atoms with Crippen molar-refractivity contribution in [3.8, 4) is 0 Å². The van der Waals surface area contributed by atoms with Gasteiger partial charge < -0.3 is 0 Å². The summed E-state index contributed by atoms with van der Waals surface area (Å²) in [7, 11) is 0. The van der Waals surface area contributed by atoms with E-state index in [9.17, 15) is 13.2 Å². The Morgan fingerprint density at radius 3 is 2.18 bits per heavy atom. The van der Waals surface area contributed by atoms with Gasteiger partial charge in [-0.1, -0.05) is 19.8 Å². The molecule has 0 N–H and O–H groups in total. The summed E-state index contributed by atoms with van der Waals surface area (Å²) in [4.78, 5) is 0. The molecule has 2 atom stereocenters. The van der Waals surface area contributed by atoms with E-state index in [2.05, 4.69) is 6.92 Å². The zero-order valence-electron chi connectivity index (χ0n) is 6.32. The lowest BCUT2D eigenvalue weighted by Gasteiger charge is -2.28. The third kappa shape index (κ3) is 2.38. The Labute approximate surface area is 64.8 Å². The van der Waals surface area contributed by atoms with Crippen LogP contribution in [0.1, 0.15) is 25.7 Å². The maximum atomic E-state index is 12.1. The Balaban J connectivity index is 2.46. The summed E-state index contributed by atoms with van der Waals surface area (Å²) >= 11 is 0. The first-order valence-electron chi connectivity index (χ1n) is 3.90. The largest absolute Gasteiger partial charge is 0.391 e. The molecular weight excluding hydrogens is 153 g/mol. The maximum Gasteiger partial charge on any atom is 0.391 e. The lowest BCUT2D eigenvalue weighted by molar-refractivity contribution is -0.184. The lowest BCUT2D eigenvalue weighted by atomic mass is 9.82. The van der Waals surface area contributed by atoms with E-state index in [1.807, 2.05) is 0 Å². The monoisotopic (exact) mass is 165 g/mol. The van der Waals surface area contributed by atoms with Crippen molar-refractivity contribution in [1.82, 2.24) is 0 Å². The van der Waals surface area contributed by atoms with Gasteiger partial charge in [-0.2, -0.15) is 13.2 Å². The standard InChI is InChI=1S/C8H12F3/c1-6-3-2-4-7(5-6)8(9,10)11/h6-7H,1-5H2/t6-,7-/m0/s1. The van der Waals surface area contributed by atoms with Gasteiger partial charge in [0.05, 0.1) is 5.92 Å². The van der Waals surface area contributed by atoms with Crippen molar-refractivity contribution in [2.75, 3.05) is 0 Å². The molecule has 0 spiro atoms. The van der Waals surface area contributed by atoms with E-state index in [1.165, 1.54) is 0 Å². The van der Waals surface area contributed by atoms with Gasteiger partial charge in [-0.25, -0.2) is 0 Å². The molecule has 65 valence electrons. The molecule has 0 unspecified atom stereocenters. The van der Waals surface area contributed by atoms with Gasteiger partial charge in [0.1, 0.15) is 0 Å². The number of hydrogen-bond acceptors (Lipinski definition) is 0. The Bertz CT molecular complexity index is 128. The van der Waals surface area contributed by atoms with Crippen molar-refractivity contribution in [3.05, 3.63) is 6.92 Å². The fourth-order valence-electron chi connectivity index (χ4n) is 1.59. The molecule has 0 aliphatic heterocycles. The summed E-state index contributed by atoms with van der Waals surface area (Å²) in [5, 5.41) is 0. The van der Waals surface area contributed by atoms with Crippen LogP contribution in [0.25, 0.3) is 0 Å². The topological polar surface area (TPSA) is 0 Å². The molecule has 0 aromatic rings. The van der Waals surface area contributed by atoms with Crippen LogP contribution in [0.3, 0.4) is 0 Å². The highest BCUT2D eigenvalue weighted by molar-refractivity contribution is 4.78. The highest BCUT2D eigenvalue weighted by atomic mass is 19.4. The molecule has 0 saturated heterocycles. The van der Waals surface area contributed by atoms with Gasteiger partial charge in [-0.3, -0.25) is 0 Å². The summed E-state index contributed by atoms with van der Waals surface area (Å²) in [6, 6.07) is 0. The van der Waals surface area contributed by atoms with Gasteiger partial charge >= 0.3 is 6.18 Å². The minimum atomic E-state index is -3.99. The van der Waals surface area contributed by atoms with Crippen LogP contribution in [0.5, 0.6) is 0 Å². The van der Waals surface area contributed by atoms with Crippen LogP contribution >= 0.6 is 0 Å². The lowest BCUT2D eigenvalue weighted by Crippen LogP contribution is -2.27. The second-order valence-corrected chi connectivity index (χ2v) is 3.27. The van der Waals surface area contributed by atoms with Gasteiger partial charge in [0.25, 0.3) is 0 Å². The second-order valence-electron chi connectivity index (χ2n) is 3.27. The molecule has 0 aromatic carbocycles. The molecule has 0 heterocycles. The van der Waals surface area contributed by atoms with Crippen molar-refractivity contribution in [3.63, 3.8) is 0 Å².